The number of hydrogen-bond donors (Lipinski definition) is 1. The van der Waals surface area contributed by atoms with Crippen molar-refractivity contribution in [3.8, 4) is 0 Å². The second kappa shape index (κ2) is 4.32. The summed E-state index contributed by atoms with van der Waals surface area (Å²) in [6.45, 7) is 2.24. The number of rotatable bonds is 0. The summed E-state index contributed by atoms with van der Waals surface area (Å²) < 4.78 is 0. The molecule has 0 aromatic carbocycles. The summed E-state index contributed by atoms with van der Waals surface area (Å²) in [6.07, 6.45) is 7.91. The Morgan fingerprint density at radius 2 is 2.16 bits per heavy atom. The normalized spacial score (nSPS) is 42.5. The van der Waals surface area contributed by atoms with Gasteiger partial charge in [0.2, 0.25) is 5.91 Å². The zero-order valence-electron chi connectivity index (χ0n) is 11.3. The molecule has 1 amide bonds. The number of carbonyl (C=O) groups is 1. The van der Waals surface area contributed by atoms with Crippen LogP contribution in [0.25, 0.3) is 0 Å². The summed E-state index contributed by atoms with van der Waals surface area (Å²) in [4.78, 5) is 17.0. The van der Waals surface area contributed by atoms with E-state index in [1.165, 1.54) is 12.8 Å². The van der Waals surface area contributed by atoms with Gasteiger partial charge in [-0.05, 0) is 38.6 Å². The molecule has 0 aromatic heterocycles. The number of aliphatic hydroxyl groups is 1. The van der Waals surface area contributed by atoms with Crippen molar-refractivity contribution < 1.29 is 9.90 Å². The highest BCUT2D eigenvalue weighted by Crippen LogP contribution is 2.44. The summed E-state index contributed by atoms with van der Waals surface area (Å²) in [5.41, 5.74) is 1.11. The Morgan fingerprint density at radius 3 is 3.05 bits per heavy atom. The van der Waals surface area contributed by atoms with E-state index in [-0.39, 0.29) is 11.8 Å². The monoisotopic (exact) mass is 262 g/mol. The molecule has 1 unspecified atom stereocenters. The molecule has 19 heavy (non-hydrogen) atoms. The molecular formula is C15H22N2O2. The van der Waals surface area contributed by atoms with Gasteiger partial charge in [0.1, 0.15) is 6.23 Å². The smallest absolute Gasteiger partial charge is 0.233 e. The van der Waals surface area contributed by atoms with Crippen LogP contribution in [0.2, 0.25) is 0 Å². The van der Waals surface area contributed by atoms with Gasteiger partial charge in [0.25, 0.3) is 0 Å². The first-order chi connectivity index (χ1) is 9.25. The number of amides is 1. The maximum Gasteiger partial charge on any atom is 0.233 e. The van der Waals surface area contributed by atoms with E-state index in [9.17, 15) is 9.90 Å². The maximum atomic E-state index is 12.7. The van der Waals surface area contributed by atoms with Crippen LogP contribution in [0.3, 0.4) is 0 Å². The van der Waals surface area contributed by atoms with Crippen molar-refractivity contribution in [1.82, 2.24) is 9.80 Å². The lowest BCUT2D eigenvalue weighted by molar-refractivity contribution is -0.157. The van der Waals surface area contributed by atoms with Gasteiger partial charge in [-0.25, -0.2) is 0 Å². The predicted molar refractivity (Wildman–Crippen MR) is 71.0 cm³/mol. The number of allylic oxidation sites excluding steroid dienone is 1. The van der Waals surface area contributed by atoms with Crippen molar-refractivity contribution in [3.63, 3.8) is 0 Å². The molecule has 4 rings (SSSR count). The van der Waals surface area contributed by atoms with Crippen LogP contribution in [0.15, 0.2) is 11.8 Å². The third-order valence-electron chi connectivity index (χ3n) is 5.45. The fourth-order valence-electron chi connectivity index (χ4n) is 4.60. The number of piperidine rings is 3. The van der Waals surface area contributed by atoms with E-state index in [2.05, 4.69) is 11.0 Å². The minimum absolute atomic E-state index is 0.129. The lowest BCUT2D eigenvalue weighted by Gasteiger charge is -2.54. The number of hydrogen-bond acceptors (Lipinski definition) is 3. The molecule has 4 nitrogen and oxygen atoms in total. The summed E-state index contributed by atoms with van der Waals surface area (Å²) in [5.74, 6) is 0.780. The minimum Gasteiger partial charge on any atom is -0.373 e. The molecular weight excluding hydrogens is 240 g/mol. The summed E-state index contributed by atoms with van der Waals surface area (Å²) >= 11 is 0. The Labute approximate surface area is 114 Å². The van der Waals surface area contributed by atoms with Crippen LogP contribution in [0.1, 0.15) is 38.5 Å². The lowest BCUT2D eigenvalue weighted by atomic mass is 9.73. The maximum absolute atomic E-state index is 12.7. The van der Waals surface area contributed by atoms with Gasteiger partial charge >= 0.3 is 0 Å². The quantitative estimate of drug-likeness (QED) is 0.716. The van der Waals surface area contributed by atoms with Crippen molar-refractivity contribution in [3.05, 3.63) is 11.8 Å². The molecule has 0 aliphatic carbocycles. The highest BCUT2D eigenvalue weighted by Gasteiger charge is 2.50. The largest absolute Gasteiger partial charge is 0.373 e. The highest BCUT2D eigenvalue weighted by atomic mass is 16.3. The predicted octanol–water partition coefficient (Wildman–Crippen LogP) is 1.32. The van der Waals surface area contributed by atoms with Crippen LogP contribution >= 0.6 is 0 Å². The Bertz CT molecular complexity index is 434. The van der Waals surface area contributed by atoms with E-state index < -0.39 is 6.23 Å². The van der Waals surface area contributed by atoms with E-state index in [4.69, 9.17) is 0 Å². The van der Waals surface area contributed by atoms with Gasteiger partial charge in [-0.15, -0.1) is 0 Å². The van der Waals surface area contributed by atoms with E-state index >= 15 is 0 Å². The van der Waals surface area contributed by atoms with Crippen molar-refractivity contribution >= 4 is 5.91 Å². The number of aliphatic hydroxyl groups excluding tert-OH is 1. The molecule has 0 spiro atoms. The second-order valence-corrected chi connectivity index (χ2v) is 6.49. The topological polar surface area (TPSA) is 43.8 Å². The summed E-state index contributed by atoms with van der Waals surface area (Å²) in [5, 5.41) is 10.2. The van der Waals surface area contributed by atoms with Gasteiger partial charge in [-0.3, -0.25) is 14.6 Å². The Morgan fingerprint density at radius 1 is 1.26 bits per heavy atom. The first-order valence-corrected chi connectivity index (χ1v) is 7.71. The molecule has 4 heterocycles. The van der Waals surface area contributed by atoms with Crippen LogP contribution in [-0.4, -0.2) is 46.2 Å². The van der Waals surface area contributed by atoms with E-state index in [0.717, 1.165) is 38.0 Å². The molecule has 3 fully saturated rings. The third kappa shape index (κ3) is 1.69. The fraction of sp³-hybridized carbons (Fsp3) is 0.800. The van der Waals surface area contributed by atoms with E-state index in [1.54, 1.807) is 4.90 Å². The van der Waals surface area contributed by atoms with Crippen LogP contribution in [-0.2, 0) is 4.79 Å². The van der Waals surface area contributed by atoms with Crippen molar-refractivity contribution in [2.75, 3.05) is 13.1 Å². The molecule has 104 valence electrons. The Balaban J connectivity index is 1.70. The molecule has 2 bridgehead atoms. The van der Waals surface area contributed by atoms with Gasteiger partial charge in [0.15, 0.2) is 0 Å². The van der Waals surface area contributed by atoms with Gasteiger partial charge < -0.3 is 5.11 Å². The van der Waals surface area contributed by atoms with Crippen LogP contribution in [0, 0.1) is 11.8 Å². The van der Waals surface area contributed by atoms with Gasteiger partial charge in [0.05, 0.1) is 5.92 Å². The molecule has 3 saturated heterocycles. The molecule has 0 radical (unpaired) electrons. The second-order valence-electron chi connectivity index (χ2n) is 6.49. The molecule has 0 aromatic rings. The van der Waals surface area contributed by atoms with Gasteiger partial charge in [-0.1, -0.05) is 12.5 Å². The molecule has 0 saturated carbocycles. The molecule has 4 heteroatoms. The average Bonchev–Trinajstić information content (AvgIpc) is 2.44. The lowest BCUT2D eigenvalue weighted by Crippen LogP contribution is -2.62. The molecule has 4 aliphatic heterocycles. The van der Waals surface area contributed by atoms with Crippen LogP contribution < -0.4 is 0 Å². The Kier molecular flexibility index (Phi) is 2.71. The van der Waals surface area contributed by atoms with Gasteiger partial charge in [0, 0.05) is 24.2 Å². The molecule has 4 atom stereocenters. The van der Waals surface area contributed by atoms with E-state index in [0.29, 0.717) is 18.4 Å². The highest BCUT2D eigenvalue weighted by molar-refractivity contribution is 5.83. The van der Waals surface area contributed by atoms with E-state index in [1.807, 2.05) is 0 Å². The standard InChI is InChI=1S/C15H22N2O2/c18-14-6-3-5-12-10-8-11(15(19)17(12)14)13-4-1-2-7-16(13)9-10/h5,10-11,13-14,18H,1-4,6-9H2/t10-,11+,13-,14?/m1/s1. The van der Waals surface area contributed by atoms with Crippen LogP contribution in [0.4, 0.5) is 0 Å². The zero-order valence-corrected chi connectivity index (χ0v) is 11.3. The summed E-state index contributed by atoms with van der Waals surface area (Å²) in [7, 11) is 0. The van der Waals surface area contributed by atoms with Crippen LogP contribution in [0.5, 0.6) is 0 Å². The number of nitrogens with zero attached hydrogens (tertiary/aromatic N) is 2. The Hall–Kier alpha value is -0.870. The average molecular weight is 262 g/mol. The van der Waals surface area contributed by atoms with Crippen molar-refractivity contribution in [2.24, 2.45) is 11.8 Å². The van der Waals surface area contributed by atoms with Gasteiger partial charge in [-0.2, -0.15) is 0 Å². The number of fused-ring (bicyclic) bond motifs is 6. The zero-order chi connectivity index (χ0) is 13.0. The SMILES string of the molecule is O=C1[C@H]2C[C@H](CN3CCCC[C@H]23)C2=CCCC(O)N12. The van der Waals surface area contributed by atoms with Crippen molar-refractivity contribution in [2.45, 2.75) is 50.8 Å². The number of carbonyl (C=O) groups excluding carboxylic acids is 1. The first kappa shape index (κ1) is 11.9. The molecule has 1 N–H and O–H groups in total. The first-order valence-electron chi connectivity index (χ1n) is 7.71. The van der Waals surface area contributed by atoms with Crippen molar-refractivity contribution in [1.29, 1.82) is 0 Å². The fourth-order valence-corrected chi connectivity index (χ4v) is 4.60. The molecule has 4 aliphatic rings. The summed E-state index contributed by atoms with van der Waals surface area (Å²) in [6, 6.07) is 0.438. The third-order valence-corrected chi connectivity index (χ3v) is 5.45. The minimum atomic E-state index is -0.576.